The molecule has 2 nitrogen and oxygen atoms in total. The first-order chi connectivity index (χ1) is 14.3. The molecule has 29 heavy (non-hydrogen) atoms. The van der Waals surface area contributed by atoms with Crippen LogP contribution in [-0.2, 0) is 9.47 Å². The van der Waals surface area contributed by atoms with Crippen molar-refractivity contribution in [1.82, 2.24) is 0 Å². The Hall–Kier alpha value is 0.400. The summed E-state index contributed by atoms with van der Waals surface area (Å²) in [6.45, 7) is 6.31. The van der Waals surface area contributed by atoms with Gasteiger partial charge < -0.3 is 9.47 Å². The van der Waals surface area contributed by atoms with Crippen LogP contribution < -0.4 is 0 Å². The van der Waals surface area contributed by atoms with E-state index in [0.717, 1.165) is 25.0 Å². The van der Waals surface area contributed by atoms with Crippen LogP contribution in [0, 0.1) is 0 Å². The molecule has 0 saturated heterocycles. The van der Waals surface area contributed by atoms with Gasteiger partial charge in [0.1, 0.15) is 0 Å². The molecule has 0 amide bonds. The van der Waals surface area contributed by atoms with E-state index in [2.05, 4.69) is 29.8 Å². The van der Waals surface area contributed by atoms with Crippen molar-refractivity contribution in [2.75, 3.05) is 18.5 Å². The molecule has 3 heteroatoms. The Labute approximate surface area is 192 Å². The minimum Gasteiger partial charge on any atom is -0.353 e. The summed E-state index contributed by atoms with van der Waals surface area (Å²) in [6, 6.07) is 0. The molecule has 0 rings (SSSR count). The Balaban J connectivity index is 3.69. The van der Waals surface area contributed by atoms with Gasteiger partial charge in [-0.15, -0.1) is 0 Å². The van der Waals surface area contributed by atoms with Crippen molar-refractivity contribution < 1.29 is 9.47 Å². The van der Waals surface area contributed by atoms with Gasteiger partial charge in [-0.25, -0.2) is 0 Å². The van der Waals surface area contributed by atoms with Crippen LogP contribution in [0.5, 0.6) is 0 Å². The summed E-state index contributed by atoms with van der Waals surface area (Å²) in [7, 11) is 0. The molecule has 0 aromatic heterocycles. The van der Waals surface area contributed by atoms with E-state index in [0.29, 0.717) is 0 Å². The van der Waals surface area contributed by atoms with E-state index in [1.807, 2.05) is 0 Å². The number of rotatable bonds is 25. The number of hydrogen-bond donors (Lipinski definition) is 0. The lowest BCUT2D eigenvalue weighted by Crippen LogP contribution is -2.19. The fourth-order valence-corrected chi connectivity index (χ4v) is 4.09. The maximum absolute atomic E-state index is 6.11. The quantitative estimate of drug-likeness (QED) is 0.0740. The predicted molar refractivity (Wildman–Crippen MR) is 133 cm³/mol. The van der Waals surface area contributed by atoms with Gasteiger partial charge in [0.25, 0.3) is 0 Å². The molecule has 0 N–H and O–H groups in total. The second-order valence-electron chi connectivity index (χ2n) is 8.66. The lowest BCUT2D eigenvalue weighted by atomic mass is 10.1. The first kappa shape index (κ1) is 29.4. The highest BCUT2D eigenvalue weighted by atomic mass is 79.9. The molecule has 0 fully saturated rings. The van der Waals surface area contributed by atoms with Gasteiger partial charge in [0, 0.05) is 18.5 Å². The molecular formula is C26H53BrO2. The average Bonchev–Trinajstić information content (AvgIpc) is 2.73. The van der Waals surface area contributed by atoms with Crippen molar-refractivity contribution >= 4 is 15.9 Å². The summed E-state index contributed by atoms with van der Waals surface area (Å²) < 4.78 is 12.2. The Morgan fingerprint density at radius 1 is 0.483 bits per heavy atom. The van der Waals surface area contributed by atoms with Crippen LogP contribution in [0.4, 0.5) is 0 Å². The third-order valence-electron chi connectivity index (χ3n) is 5.68. The van der Waals surface area contributed by atoms with Gasteiger partial charge >= 0.3 is 0 Å². The molecule has 176 valence electrons. The van der Waals surface area contributed by atoms with Crippen molar-refractivity contribution in [3.05, 3.63) is 0 Å². The fraction of sp³-hybridized carbons (Fsp3) is 1.00. The molecule has 0 aliphatic heterocycles. The number of halogens is 1. The van der Waals surface area contributed by atoms with Gasteiger partial charge in [0.2, 0.25) is 0 Å². The first-order valence-electron chi connectivity index (χ1n) is 13.1. The van der Waals surface area contributed by atoms with E-state index in [1.165, 1.54) is 122 Å². The smallest absolute Gasteiger partial charge is 0.157 e. The minimum atomic E-state index is 0.0273. The summed E-state index contributed by atoms with van der Waals surface area (Å²) in [4.78, 5) is 0. The molecule has 0 bridgehead atoms. The van der Waals surface area contributed by atoms with E-state index >= 15 is 0 Å². The SMILES string of the molecule is CCCCCCCCCCOC(CCCCCBr)OCCCCCCCCCC. The summed E-state index contributed by atoms with van der Waals surface area (Å²) in [5, 5.41) is 1.11. The predicted octanol–water partition coefficient (Wildman–Crippen LogP) is 9.58. The highest BCUT2D eigenvalue weighted by molar-refractivity contribution is 9.09. The van der Waals surface area contributed by atoms with Gasteiger partial charge in [-0.05, 0) is 32.1 Å². The fourth-order valence-electron chi connectivity index (χ4n) is 3.70. The van der Waals surface area contributed by atoms with Crippen molar-refractivity contribution in [2.24, 2.45) is 0 Å². The summed E-state index contributed by atoms with van der Waals surface area (Å²) in [6.07, 6.45) is 26.4. The zero-order valence-corrected chi connectivity index (χ0v) is 21.6. The highest BCUT2D eigenvalue weighted by Gasteiger charge is 2.09. The topological polar surface area (TPSA) is 18.5 Å². The highest BCUT2D eigenvalue weighted by Crippen LogP contribution is 2.14. The maximum Gasteiger partial charge on any atom is 0.157 e. The monoisotopic (exact) mass is 476 g/mol. The Kier molecular flexibility index (Phi) is 26.8. The molecule has 0 radical (unpaired) electrons. The normalized spacial score (nSPS) is 11.6. The number of unbranched alkanes of at least 4 members (excludes halogenated alkanes) is 16. The van der Waals surface area contributed by atoms with Crippen LogP contribution >= 0.6 is 15.9 Å². The van der Waals surface area contributed by atoms with Crippen LogP contribution in [-0.4, -0.2) is 24.8 Å². The zero-order valence-electron chi connectivity index (χ0n) is 20.0. The van der Waals surface area contributed by atoms with Crippen molar-refractivity contribution in [3.63, 3.8) is 0 Å². The van der Waals surface area contributed by atoms with Crippen LogP contribution in [0.25, 0.3) is 0 Å². The summed E-state index contributed by atoms with van der Waals surface area (Å²) in [5.41, 5.74) is 0. The van der Waals surface area contributed by atoms with E-state index in [4.69, 9.17) is 9.47 Å². The van der Waals surface area contributed by atoms with E-state index in [-0.39, 0.29) is 6.29 Å². The zero-order chi connectivity index (χ0) is 21.3. The van der Waals surface area contributed by atoms with Gasteiger partial charge in [-0.3, -0.25) is 0 Å². The van der Waals surface area contributed by atoms with E-state index in [9.17, 15) is 0 Å². The molecule has 0 aliphatic carbocycles. The maximum atomic E-state index is 6.11. The molecule has 0 unspecified atom stereocenters. The largest absolute Gasteiger partial charge is 0.353 e. The molecule has 0 heterocycles. The van der Waals surface area contributed by atoms with Crippen molar-refractivity contribution in [1.29, 1.82) is 0 Å². The Bertz CT molecular complexity index is 264. The second-order valence-corrected chi connectivity index (χ2v) is 9.45. The second kappa shape index (κ2) is 26.4. The molecule has 0 aromatic carbocycles. The number of hydrogen-bond acceptors (Lipinski definition) is 2. The number of alkyl halides is 1. The Morgan fingerprint density at radius 2 is 0.862 bits per heavy atom. The lowest BCUT2D eigenvalue weighted by Gasteiger charge is -2.19. The first-order valence-corrected chi connectivity index (χ1v) is 14.3. The molecule has 0 aliphatic rings. The average molecular weight is 478 g/mol. The van der Waals surface area contributed by atoms with Gasteiger partial charge in [-0.2, -0.15) is 0 Å². The van der Waals surface area contributed by atoms with Gasteiger partial charge in [0.15, 0.2) is 6.29 Å². The van der Waals surface area contributed by atoms with Crippen LogP contribution in [0.2, 0.25) is 0 Å². The third kappa shape index (κ3) is 24.5. The lowest BCUT2D eigenvalue weighted by molar-refractivity contribution is -0.148. The summed E-state index contributed by atoms with van der Waals surface area (Å²) >= 11 is 3.53. The Morgan fingerprint density at radius 3 is 1.28 bits per heavy atom. The van der Waals surface area contributed by atoms with Crippen molar-refractivity contribution in [2.45, 2.75) is 149 Å². The van der Waals surface area contributed by atoms with Crippen molar-refractivity contribution in [3.8, 4) is 0 Å². The minimum absolute atomic E-state index is 0.0273. The van der Waals surface area contributed by atoms with Crippen LogP contribution in [0.15, 0.2) is 0 Å². The number of ether oxygens (including phenoxy) is 2. The van der Waals surface area contributed by atoms with Crippen LogP contribution in [0.1, 0.15) is 142 Å². The standard InChI is InChI=1S/C26H53BrO2/c1-3-5-7-9-11-13-15-20-24-28-26(22-18-17-19-23-27)29-25-21-16-14-12-10-8-6-4-2/h26H,3-25H2,1-2H3. The summed E-state index contributed by atoms with van der Waals surface area (Å²) in [5.74, 6) is 0. The molecule has 0 spiro atoms. The van der Waals surface area contributed by atoms with E-state index < -0.39 is 0 Å². The molecular weight excluding hydrogens is 424 g/mol. The van der Waals surface area contributed by atoms with Crippen LogP contribution in [0.3, 0.4) is 0 Å². The molecule has 0 aromatic rings. The molecule has 0 atom stereocenters. The van der Waals surface area contributed by atoms with E-state index in [1.54, 1.807) is 0 Å². The molecule has 0 saturated carbocycles. The van der Waals surface area contributed by atoms with Gasteiger partial charge in [0.05, 0.1) is 0 Å². The van der Waals surface area contributed by atoms with Gasteiger partial charge in [-0.1, -0.05) is 126 Å². The third-order valence-corrected chi connectivity index (χ3v) is 6.24.